The highest BCUT2D eigenvalue weighted by molar-refractivity contribution is 7.80. The van der Waals surface area contributed by atoms with Gasteiger partial charge in [-0.1, -0.05) is 29.8 Å². The van der Waals surface area contributed by atoms with E-state index in [1.54, 1.807) is 12.1 Å². The summed E-state index contributed by atoms with van der Waals surface area (Å²) in [4.78, 5) is 16.7. The Morgan fingerprint density at radius 1 is 0.964 bits per heavy atom. The summed E-state index contributed by atoms with van der Waals surface area (Å²) in [7, 11) is 0. The molecule has 1 aliphatic rings. The van der Waals surface area contributed by atoms with Crippen LogP contribution in [0.3, 0.4) is 0 Å². The van der Waals surface area contributed by atoms with Crippen molar-refractivity contribution in [3.63, 3.8) is 0 Å². The standard InChI is InChI=1S/C20H24ClN5OS/c21-16-6-8-17(9-7-16)22-20(28)24-23-19(27)10-11-25-12-14-26(15-13-25)18-4-2-1-3-5-18/h1-9H,10-15H2,(H,23,27)(H2,22,24,28). The Labute approximate surface area is 175 Å². The molecule has 0 atom stereocenters. The van der Waals surface area contributed by atoms with Crippen molar-refractivity contribution >= 4 is 46.2 Å². The molecule has 0 saturated carbocycles. The topological polar surface area (TPSA) is 59.6 Å². The van der Waals surface area contributed by atoms with E-state index in [9.17, 15) is 4.79 Å². The van der Waals surface area contributed by atoms with Crippen LogP contribution in [0.5, 0.6) is 0 Å². The fraction of sp³-hybridized carbons (Fsp3) is 0.300. The summed E-state index contributed by atoms with van der Waals surface area (Å²) < 4.78 is 0. The van der Waals surface area contributed by atoms with Gasteiger partial charge in [0.2, 0.25) is 5.91 Å². The fourth-order valence-electron chi connectivity index (χ4n) is 3.01. The second-order valence-electron chi connectivity index (χ2n) is 6.55. The molecule has 3 rings (SSSR count). The van der Waals surface area contributed by atoms with Gasteiger partial charge in [-0.15, -0.1) is 0 Å². The molecule has 1 fully saturated rings. The lowest BCUT2D eigenvalue weighted by Gasteiger charge is -2.36. The third kappa shape index (κ3) is 6.37. The predicted octanol–water partition coefficient (Wildman–Crippen LogP) is 2.87. The number of hydrazine groups is 1. The number of hydrogen-bond acceptors (Lipinski definition) is 4. The summed E-state index contributed by atoms with van der Waals surface area (Å²) in [6.07, 6.45) is 0.419. The second-order valence-corrected chi connectivity index (χ2v) is 7.39. The molecule has 0 aliphatic carbocycles. The number of benzene rings is 2. The summed E-state index contributed by atoms with van der Waals surface area (Å²) in [5.41, 5.74) is 7.41. The van der Waals surface area contributed by atoms with Crippen molar-refractivity contribution in [1.29, 1.82) is 0 Å². The molecule has 1 aliphatic heterocycles. The normalized spacial score (nSPS) is 14.4. The van der Waals surface area contributed by atoms with Gasteiger partial charge in [-0.25, -0.2) is 0 Å². The SMILES string of the molecule is O=C(CCN1CCN(c2ccccc2)CC1)NNC(=S)Nc1ccc(Cl)cc1. The van der Waals surface area contributed by atoms with Gasteiger partial charge in [-0.3, -0.25) is 20.5 Å². The lowest BCUT2D eigenvalue weighted by molar-refractivity contribution is -0.122. The Bertz CT molecular complexity index is 779. The molecule has 1 saturated heterocycles. The largest absolute Gasteiger partial charge is 0.369 e. The molecule has 28 heavy (non-hydrogen) atoms. The minimum absolute atomic E-state index is 0.0919. The predicted molar refractivity (Wildman–Crippen MR) is 119 cm³/mol. The molecule has 2 aromatic carbocycles. The highest BCUT2D eigenvalue weighted by Crippen LogP contribution is 2.15. The number of carbonyl (C=O) groups excluding carboxylic acids is 1. The third-order valence-electron chi connectivity index (χ3n) is 4.57. The van der Waals surface area contributed by atoms with Gasteiger partial charge in [0.05, 0.1) is 0 Å². The van der Waals surface area contributed by atoms with E-state index in [4.69, 9.17) is 23.8 Å². The number of nitrogens with one attached hydrogen (secondary N) is 3. The number of nitrogens with zero attached hydrogens (tertiary/aromatic N) is 2. The zero-order valence-electron chi connectivity index (χ0n) is 15.5. The van der Waals surface area contributed by atoms with Crippen LogP contribution in [0.4, 0.5) is 11.4 Å². The Morgan fingerprint density at radius 2 is 1.64 bits per heavy atom. The van der Waals surface area contributed by atoms with Crippen molar-refractivity contribution < 1.29 is 4.79 Å². The van der Waals surface area contributed by atoms with Gasteiger partial charge in [-0.2, -0.15) is 0 Å². The number of rotatable bonds is 5. The third-order valence-corrected chi connectivity index (χ3v) is 5.02. The molecule has 0 spiro atoms. The average Bonchev–Trinajstić information content (AvgIpc) is 2.73. The maximum absolute atomic E-state index is 12.1. The van der Waals surface area contributed by atoms with E-state index in [1.165, 1.54) is 5.69 Å². The van der Waals surface area contributed by atoms with Crippen molar-refractivity contribution in [2.45, 2.75) is 6.42 Å². The number of anilines is 2. The van der Waals surface area contributed by atoms with E-state index in [0.717, 1.165) is 38.4 Å². The second kappa shape index (κ2) is 10.3. The Hall–Kier alpha value is -2.35. The number of carbonyl (C=O) groups is 1. The van der Waals surface area contributed by atoms with Gasteiger partial charge in [0.1, 0.15) is 0 Å². The molecule has 1 heterocycles. The minimum atomic E-state index is -0.0919. The van der Waals surface area contributed by atoms with E-state index in [2.05, 4.69) is 50.2 Å². The van der Waals surface area contributed by atoms with Crippen LogP contribution in [0.15, 0.2) is 54.6 Å². The molecule has 0 bridgehead atoms. The van der Waals surface area contributed by atoms with Crippen LogP contribution in [0.25, 0.3) is 0 Å². The smallest absolute Gasteiger partial charge is 0.239 e. The van der Waals surface area contributed by atoms with Crippen molar-refractivity contribution in [3.05, 3.63) is 59.6 Å². The van der Waals surface area contributed by atoms with E-state index in [-0.39, 0.29) is 5.91 Å². The number of thiocarbonyl (C=S) groups is 1. The summed E-state index contributed by atoms with van der Waals surface area (Å²) >= 11 is 11.0. The highest BCUT2D eigenvalue weighted by Gasteiger charge is 2.17. The summed E-state index contributed by atoms with van der Waals surface area (Å²) in [5, 5.41) is 3.96. The molecule has 0 aromatic heterocycles. The monoisotopic (exact) mass is 417 g/mol. The van der Waals surface area contributed by atoms with Crippen LogP contribution in [-0.4, -0.2) is 48.6 Å². The van der Waals surface area contributed by atoms with Crippen LogP contribution in [0.2, 0.25) is 5.02 Å². The van der Waals surface area contributed by atoms with Crippen LogP contribution < -0.4 is 21.1 Å². The van der Waals surface area contributed by atoms with E-state index in [1.807, 2.05) is 18.2 Å². The maximum atomic E-state index is 12.1. The number of para-hydroxylation sites is 1. The van der Waals surface area contributed by atoms with Crippen molar-refractivity contribution in [1.82, 2.24) is 15.8 Å². The molecule has 0 radical (unpaired) electrons. The van der Waals surface area contributed by atoms with Crippen LogP contribution in [0, 0.1) is 0 Å². The Kier molecular flexibility index (Phi) is 7.47. The molecule has 148 valence electrons. The van der Waals surface area contributed by atoms with Crippen LogP contribution in [0.1, 0.15) is 6.42 Å². The fourth-order valence-corrected chi connectivity index (χ4v) is 3.31. The maximum Gasteiger partial charge on any atom is 0.239 e. The van der Waals surface area contributed by atoms with Crippen molar-refractivity contribution in [3.8, 4) is 0 Å². The molecule has 1 amide bonds. The lowest BCUT2D eigenvalue weighted by atomic mass is 10.2. The Balaban J connectivity index is 1.31. The number of amides is 1. The van der Waals surface area contributed by atoms with Gasteiger partial charge in [0, 0.05) is 55.5 Å². The molecule has 8 heteroatoms. The molecule has 2 aromatic rings. The summed E-state index contributed by atoms with van der Waals surface area (Å²) in [5.74, 6) is -0.0919. The zero-order valence-corrected chi connectivity index (χ0v) is 17.1. The highest BCUT2D eigenvalue weighted by atomic mass is 35.5. The van der Waals surface area contributed by atoms with Crippen LogP contribution >= 0.6 is 23.8 Å². The van der Waals surface area contributed by atoms with Gasteiger partial charge in [-0.05, 0) is 48.6 Å². The quantitative estimate of drug-likeness (QED) is 0.513. The molecular formula is C20H24ClN5OS. The average molecular weight is 418 g/mol. The number of halogens is 1. The summed E-state index contributed by atoms with van der Waals surface area (Å²) in [6, 6.07) is 17.6. The van der Waals surface area contributed by atoms with Gasteiger partial charge in [0.25, 0.3) is 0 Å². The van der Waals surface area contributed by atoms with Gasteiger partial charge in [0.15, 0.2) is 5.11 Å². The zero-order chi connectivity index (χ0) is 19.8. The molecule has 0 unspecified atom stereocenters. The van der Waals surface area contributed by atoms with Crippen LogP contribution in [-0.2, 0) is 4.79 Å². The molecule has 6 nitrogen and oxygen atoms in total. The molecule has 3 N–H and O–H groups in total. The van der Waals surface area contributed by atoms with Crippen molar-refractivity contribution in [2.75, 3.05) is 42.9 Å². The number of hydrogen-bond donors (Lipinski definition) is 3. The summed E-state index contributed by atoms with van der Waals surface area (Å²) in [6.45, 7) is 4.57. The molecular weight excluding hydrogens is 394 g/mol. The van der Waals surface area contributed by atoms with Gasteiger partial charge < -0.3 is 10.2 Å². The Morgan fingerprint density at radius 3 is 2.32 bits per heavy atom. The first-order chi connectivity index (χ1) is 13.6. The first kappa shape index (κ1) is 20.4. The van der Waals surface area contributed by atoms with E-state index in [0.29, 0.717) is 16.6 Å². The lowest BCUT2D eigenvalue weighted by Crippen LogP contribution is -2.48. The number of piperazine rings is 1. The first-order valence-electron chi connectivity index (χ1n) is 9.24. The minimum Gasteiger partial charge on any atom is -0.369 e. The van der Waals surface area contributed by atoms with E-state index < -0.39 is 0 Å². The van der Waals surface area contributed by atoms with Gasteiger partial charge >= 0.3 is 0 Å². The van der Waals surface area contributed by atoms with E-state index >= 15 is 0 Å². The van der Waals surface area contributed by atoms with Crippen molar-refractivity contribution in [2.24, 2.45) is 0 Å². The first-order valence-corrected chi connectivity index (χ1v) is 10.0.